The second-order valence-electron chi connectivity index (χ2n) is 1.72. The number of carboxylic acid groups (broad SMARTS) is 6. The fourth-order valence-corrected chi connectivity index (χ4v) is 0. The fraction of sp³-hybridized carbons (Fsp3) is 0. The number of carboxylic acids is 6. The van der Waals surface area contributed by atoms with E-state index in [0.29, 0.717) is 0 Å². The van der Waals surface area contributed by atoms with Crippen molar-refractivity contribution in [1.82, 2.24) is 0 Å². The number of hydrogen-bond acceptors (Lipinski definition) is 12. The Hall–Kier alpha value is -0.531. The molecule has 2 radical (unpaired) electrons. The Labute approximate surface area is 173 Å². The zero-order valence-electron chi connectivity index (χ0n) is 8.61. The summed E-state index contributed by atoms with van der Waals surface area (Å²) in [5, 5.41) is 53.6. The van der Waals surface area contributed by atoms with Crippen LogP contribution >= 0.6 is 0 Å². The largest absolute Gasteiger partial charge is 3.00 e. The SMILES string of the molecule is O=C([O-])C(=O)[O-].O=C([O-])C(=O)[O-].O=C([O-])C(=O)[O-].[Gd+3].[Gd+3]. The van der Waals surface area contributed by atoms with Crippen LogP contribution in [0.5, 0.6) is 0 Å². The zero-order valence-corrected chi connectivity index (χ0v) is 13.1. The first-order valence-corrected chi connectivity index (χ1v) is 3.20. The summed E-state index contributed by atoms with van der Waals surface area (Å²) in [6, 6.07) is 0. The van der Waals surface area contributed by atoms with Crippen molar-refractivity contribution in [2.45, 2.75) is 0 Å². The molecule has 0 bridgehead atoms. The van der Waals surface area contributed by atoms with Crippen LogP contribution in [0.1, 0.15) is 0 Å². The molecular weight excluding hydrogens is 579 g/mol. The second-order valence-corrected chi connectivity index (χ2v) is 1.72. The first-order valence-electron chi connectivity index (χ1n) is 3.20. The molecule has 20 heavy (non-hydrogen) atoms. The summed E-state index contributed by atoms with van der Waals surface area (Å²) in [5.41, 5.74) is 0. The molecule has 0 heterocycles. The van der Waals surface area contributed by atoms with Crippen molar-refractivity contribution in [3.8, 4) is 0 Å². The van der Waals surface area contributed by atoms with Gasteiger partial charge in [0.25, 0.3) is 0 Å². The summed E-state index contributed by atoms with van der Waals surface area (Å²) < 4.78 is 0. The Morgan fingerprint density at radius 3 is 0.400 bits per heavy atom. The molecule has 0 atom stereocenters. The van der Waals surface area contributed by atoms with Crippen LogP contribution in [0, 0.1) is 79.9 Å². The van der Waals surface area contributed by atoms with E-state index in [2.05, 4.69) is 0 Å². The van der Waals surface area contributed by atoms with Crippen molar-refractivity contribution in [3.05, 3.63) is 0 Å². The number of aliphatic carboxylic acids is 6. The number of rotatable bonds is 0. The fourth-order valence-electron chi connectivity index (χ4n) is 0. The summed E-state index contributed by atoms with van der Waals surface area (Å²) in [7, 11) is 0. The summed E-state index contributed by atoms with van der Waals surface area (Å²) in [5.74, 6) is -13.1. The van der Waals surface area contributed by atoms with Gasteiger partial charge < -0.3 is 59.4 Å². The van der Waals surface area contributed by atoms with E-state index in [-0.39, 0.29) is 79.9 Å². The first-order chi connectivity index (χ1) is 7.93. The van der Waals surface area contributed by atoms with Gasteiger partial charge in [0.05, 0.1) is 35.8 Å². The third-order valence-electron chi connectivity index (χ3n) is 0.500. The Morgan fingerprint density at radius 2 is 0.400 bits per heavy atom. The van der Waals surface area contributed by atoms with Gasteiger partial charge in [-0.05, 0) is 0 Å². The van der Waals surface area contributed by atoms with Gasteiger partial charge in [-0.15, -0.1) is 0 Å². The van der Waals surface area contributed by atoms with Crippen LogP contribution < -0.4 is 30.6 Å². The third kappa shape index (κ3) is 36.0. The minimum Gasteiger partial charge on any atom is -0.543 e. The maximum Gasteiger partial charge on any atom is 3.00 e. The van der Waals surface area contributed by atoms with E-state index in [4.69, 9.17) is 59.4 Å². The van der Waals surface area contributed by atoms with Gasteiger partial charge in [-0.1, -0.05) is 0 Å². The third-order valence-corrected chi connectivity index (χ3v) is 0.500. The minimum atomic E-state index is -2.19. The van der Waals surface area contributed by atoms with Crippen molar-refractivity contribution in [2.24, 2.45) is 0 Å². The van der Waals surface area contributed by atoms with E-state index >= 15 is 0 Å². The molecule has 0 aromatic heterocycles. The molecule has 0 spiro atoms. The molecule has 14 heteroatoms. The summed E-state index contributed by atoms with van der Waals surface area (Å²) in [6.07, 6.45) is 0. The zero-order chi connectivity index (χ0) is 15.5. The molecule has 0 aromatic carbocycles. The second kappa shape index (κ2) is 18.5. The van der Waals surface area contributed by atoms with E-state index in [9.17, 15) is 0 Å². The van der Waals surface area contributed by atoms with E-state index in [0.717, 1.165) is 0 Å². The monoisotopic (exact) mass is 580 g/mol. The molecule has 0 amide bonds. The number of carbonyl (C=O) groups excluding carboxylic acids is 6. The molecule has 0 saturated carbocycles. The molecule has 0 fully saturated rings. The molecule has 0 aromatic rings. The number of carbonyl (C=O) groups is 6. The van der Waals surface area contributed by atoms with E-state index < -0.39 is 35.8 Å². The Balaban J connectivity index is -0.0000000536. The molecule has 112 valence electrons. The normalized spacial score (nSPS) is 6.60. The van der Waals surface area contributed by atoms with Crippen LogP contribution in [0.2, 0.25) is 0 Å². The van der Waals surface area contributed by atoms with Crippen molar-refractivity contribution in [3.63, 3.8) is 0 Å². The maximum atomic E-state index is 8.93. The van der Waals surface area contributed by atoms with Gasteiger partial charge in [-0.2, -0.15) is 0 Å². The van der Waals surface area contributed by atoms with Crippen LogP contribution in [0.25, 0.3) is 0 Å². The molecule has 0 unspecified atom stereocenters. The van der Waals surface area contributed by atoms with Gasteiger partial charge >= 0.3 is 79.9 Å². The van der Waals surface area contributed by atoms with Crippen LogP contribution in [0.4, 0.5) is 0 Å². The molecule has 0 N–H and O–H groups in total. The average molecular weight is 579 g/mol. The van der Waals surface area contributed by atoms with Crippen molar-refractivity contribution in [2.75, 3.05) is 0 Å². The van der Waals surface area contributed by atoms with Crippen molar-refractivity contribution < 1.29 is 139 Å². The predicted octanol–water partition coefficient (Wildman–Crippen LogP) is -10.5. The van der Waals surface area contributed by atoms with E-state index in [1.165, 1.54) is 0 Å². The quantitative estimate of drug-likeness (QED) is 0.243. The van der Waals surface area contributed by atoms with Crippen molar-refractivity contribution >= 4 is 35.8 Å². The Kier molecular flexibility index (Phi) is 29.3. The van der Waals surface area contributed by atoms with E-state index in [1.54, 1.807) is 0 Å². The van der Waals surface area contributed by atoms with Gasteiger partial charge in [-0.25, -0.2) is 0 Å². The van der Waals surface area contributed by atoms with Gasteiger partial charge in [0, 0.05) is 0 Å². The van der Waals surface area contributed by atoms with E-state index in [1.807, 2.05) is 0 Å². The smallest absolute Gasteiger partial charge is 0.543 e. The molecule has 0 aliphatic rings. The summed E-state index contributed by atoms with van der Waals surface area (Å²) in [6.45, 7) is 0. The van der Waals surface area contributed by atoms with Crippen LogP contribution in [0.15, 0.2) is 0 Å². The predicted molar refractivity (Wildman–Crippen MR) is 30.0 cm³/mol. The average Bonchev–Trinajstić information content (AvgIpc) is 2.18. The maximum absolute atomic E-state index is 8.93. The van der Waals surface area contributed by atoms with Gasteiger partial charge in [0.1, 0.15) is 0 Å². The molecule has 0 aliphatic heterocycles. The van der Waals surface area contributed by atoms with Gasteiger partial charge in [-0.3, -0.25) is 0 Å². The van der Waals surface area contributed by atoms with Crippen LogP contribution in [-0.2, 0) is 28.8 Å². The van der Waals surface area contributed by atoms with Gasteiger partial charge in [0.15, 0.2) is 0 Å². The molecule has 12 nitrogen and oxygen atoms in total. The molecule has 0 saturated heterocycles. The minimum absolute atomic E-state index is 0. The van der Waals surface area contributed by atoms with Crippen LogP contribution in [-0.4, -0.2) is 35.8 Å². The molecule has 0 rings (SSSR count). The Bertz CT molecular complexity index is 281. The number of hydrogen-bond donors (Lipinski definition) is 0. The van der Waals surface area contributed by atoms with Gasteiger partial charge in [0.2, 0.25) is 0 Å². The van der Waals surface area contributed by atoms with Crippen molar-refractivity contribution in [1.29, 1.82) is 0 Å². The first kappa shape index (κ1) is 31.7. The Morgan fingerprint density at radius 1 is 0.350 bits per heavy atom. The molecular formula is C6Gd2O12. The van der Waals surface area contributed by atoms with Crippen LogP contribution in [0.3, 0.4) is 0 Å². The summed E-state index contributed by atoms with van der Waals surface area (Å²) in [4.78, 5) is 53.6. The molecule has 0 aliphatic carbocycles. The standard InChI is InChI=1S/3C2H2O4.2Gd/c3*3-1(4)2(5)6;;/h3*(H,3,4)(H,5,6);;/q;;;2*+3/p-6. The summed E-state index contributed by atoms with van der Waals surface area (Å²) >= 11 is 0. The topological polar surface area (TPSA) is 241 Å².